The summed E-state index contributed by atoms with van der Waals surface area (Å²) in [5, 5.41) is 5.63. The van der Waals surface area contributed by atoms with E-state index in [1.54, 1.807) is 5.38 Å². The molecule has 0 bridgehead atoms. The largest absolute Gasteiger partial charge is 0.457 e. The molecule has 0 saturated carbocycles. The summed E-state index contributed by atoms with van der Waals surface area (Å²) in [5.74, 6) is 1.28. The van der Waals surface area contributed by atoms with Gasteiger partial charge in [0.05, 0.1) is 19.8 Å². The van der Waals surface area contributed by atoms with Crippen LogP contribution in [0.15, 0.2) is 60.0 Å². The lowest BCUT2D eigenvalue weighted by molar-refractivity contribution is 0.0341. The van der Waals surface area contributed by atoms with Crippen molar-refractivity contribution in [3.05, 3.63) is 70.7 Å². The van der Waals surface area contributed by atoms with Gasteiger partial charge in [0.15, 0.2) is 0 Å². The zero-order valence-electron chi connectivity index (χ0n) is 15.3. The van der Waals surface area contributed by atoms with Crippen LogP contribution in [-0.4, -0.2) is 42.1 Å². The molecule has 3 aromatic rings. The van der Waals surface area contributed by atoms with Gasteiger partial charge in [-0.3, -0.25) is 9.69 Å². The average molecular weight is 395 g/mol. The Morgan fingerprint density at radius 2 is 1.79 bits per heavy atom. The number of rotatable bonds is 6. The van der Waals surface area contributed by atoms with E-state index in [4.69, 9.17) is 9.47 Å². The van der Waals surface area contributed by atoms with Gasteiger partial charge in [-0.05, 0) is 36.4 Å². The molecule has 0 spiro atoms. The second kappa shape index (κ2) is 8.97. The second-order valence-corrected chi connectivity index (χ2v) is 7.35. The van der Waals surface area contributed by atoms with E-state index in [0.717, 1.165) is 43.6 Å². The first-order chi connectivity index (χ1) is 13.8. The lowest BCUT2D eigenvalue weighted by Gasteiger charge is -2.25. The number of nitrogens with one attached hydrogen (secondary N) is 1. The molecule has 0 aliphatic carbocycles. The number of hydrogen-bond donors (Lipinski definition) is 1. The van der Waals surface area contributed by atoms with Gasteiger partial charge in [-0.15, -0.1) is 11.3 Å². The van der Waals surface area contributed by atoms with Gasteiger partial charge >= 0.3 is 0 Å². The minimum atomic E-state index is -0.207. The van der Waals surface area contributed by atoms with Crippen molar-refractivity contribution in [1.29, 1.82) is 0 Å². The second-order valence-electron chi connectivity index (χ2n) is 6.41. The normalized spacial score (nSPS) is 14.6. The molecule has 1 saturated heterocycles. The molecule has 0 unspecified atom stereocenters. The average Bonchev–Trinajstić information content (AvgIpc) is 3.20. The molecule has 7 heteroatoms. The van der Waals surface area contributed by atoms with Crippen molar-refractivity contribution in [3.63, 3.8) is 0 Å². The van der Waals surface area contributed by atoms with E-state index in [1.165, 1.54) is 11.3 Å². The molecule has 1 fully saturated rings. The number of para-hydroxylation sites is 1. The fraction of sp³-hybridized carbons (Fsp3) is 0.238. The quantitative estimate of drug-likeness (QED) is 0.683. The predicted octanol–water partition coefficient (Wildman–Crippen LogP) is 4.02. The first-order valence-corrected chi connectivity index (χ1v) is 10.0. The zero-order chi connectivity index (χ0) is 19.2. The van der Waals surface area contributed by atoms with E-state index < -0.39 is 0 Å². The minimum absolute atomic E-state index is 0.207. The molecule has 4 rings (SSSR count). The van der Waals surface area contributed by atoms with Crippen molar-refractivity contribution in [2.75, 3.05) is 31.6 Å². The molecule has 6 nitrogen and oxygen atoms in total. The zero-order valence-corrected chi connectivity index (χ0v) is 16.2. The third-order valence-electron chi connectivity index (χ3n) is 4.34. The van der Waals surface area contributed by atoms with Crippen LogP contribution in [-0.2, 0) is 11.3 Å². The van der Waals surface area contributed by atoms with E-state index in [-0.39, 0.29) is 5.91 Å². The number of carbonyl (C=O) groups is 1. The van der Waals surface area contributed by atoms with E-state index in [0.29, 0.717) is 17.1 Å². The van der Waals surface area contributed by atoms with E-state index in [2.05, 4.69) is 15.2 Å². The Balaban J connectivity index is 1.33. The van der Waals surface area contributed by atoms with Crippen LogP contribution >= 0.6 is 11.3 Å². The van der Waals surface area contributed by atoms with Crippen LogP contribution in [0.4, 0.5) is 5.69 Å². The lowest BCUT2D eigenvalue weighted by atomic mass is 10.3. The van der Waals surface area contributed by atoms with Gasteiger partial charge in [-0.1, -0.05) is 18.2 Å². The fourth-order valence-electron chi connectivity index (χ4n) is 2.86. The van der Waals surface area contributed by atoms with Crippen LogP contribution in [0, 0.1) is 0 Å². The highest BCUT2D eigenvalue weighted by atomic mass is 32.1. The molecule has 28 heavy (non-hydrogen) atoms. The third kappa shape index (κ3) is 4.95. The van der Waals surface area contributed by atoms with Crippen molar-refractivity contribution in [2.24, 2.45) is 0 Å². The SMILES string of the molecule is O=C(Nc1ccc(Oc2ccccc2)cc1)c1csc(CN2CCOCC2)n1. The minimum Gasteiger partial charge on any atom is -0.457 e. The van der Waals surface area contributed by atoms with Gasteiger partial charge in [-0.25, -0.2) is 4.98 Å². The number of carbonyl (C=O) groups excluding carboxylic acids is 1. The van der Waals surface area contributed by atoms with E-state index >= 15 is 0 Å². The van der Waals surface area contributed by atoms with E-state index in [1.807, 2.05) is 54.6 Å². The predicted molar refractivity (Wildman–Crippen MR) is 109 cm³/mol. The highest BCUT2D eigenvalue weighted by Gasteiger charge is 2.15. The van der Waals surface area contributed by atoms with Crippen LogP contribution in [0.2, 0.25) is 0 Å². The van der Waals surface area contributed by atoms with Gasteiger partial charge in [0, 0.05) is 24.2 Å². The number of amides is 1. The number of aromatic nitrogens is 1. The Bertz CT molecular complexity index is 906. The lowest BCUT2D eigenvalue weighted by Crippen LogP contribution is -2.35. The summed E-state index contributed by atoms with van der Waals surface area (Å²) in [6, 6.07) is 16.9. The molecule has 1 aliphatic heterocycles. The highest BCUT2D eigenvalue weighted by molar-refractivity contribution is 7.09. The summed E-state index contributed by atoms with van der Waals surface area (Å²) in [4.78, 5) is 19.2. The number of hydrogen-bond acceptors (Lipinski definition) is 6. The number of morpholine rings is 1. The molecule has 1 N–H and O–H groups in total. The topological polar surface area (TPSA) is 63.7 Å². The van der Waals surface area contributed by atoms with Crippen LogP contribution in [0.5, 0.6) is 11.5 Å². The number of thiazole rings is 1. The molecule has 0 atom stereocenters. The van der Waals surface area contributed by atoms with Gasteiger partial charge < -0.3 is 14.8 Å². The molecule has 1 aliphatic rings. The molecule has 1 aromatic heterocycles. The van der Waals surface area contributed by atoms with Crippen molar-refractivity contribution < 1.29 is 14.3 Å². The summed E-state index contributed by atoms with van der Waals surface area (Å²) >= 11 is 1.51. The van der Waals surface area contributed by atoms with Crippen LogP contribution < -0.4 is 10.1 Å². The summed E-state index contributed by atoms with van der Waals surface area (Å²) in [5.41, 5.74) is 1.14. The molecule has 144 valence electrons. The Morgan fingerprint density at radius 3 is 2.54 bits per heavy atom. The highest BCUT2D eigenvalue weighted by Crippen LogP contribution is 2.23. The summed E-state index contributed by atoms with van der Waals surface area (Å²) < 4.78 is 11.1. The Morgan fingerprint density at radius 1 is 1.07 bits per heavy atom. The van der Waals surface area contributed by atoms with E-state index in [9.17, 15) is 4.79 Å². The Hall–Kier alpha value is -2.74. The van der Waals surface area contributed by atoms with Gasteiger partial charge in [0.25, 0.3) is 5.91 Å². The maximum Gasteiger partial charge on any atom is 0.275 e. The van der Waals surface area contributed by atoms with Crippen molar-refractivity contribution >= 4 is 22.9 Å². The first-order valence-electron chi connectivity index (χ1n) is 9.15. The number of ether oxygens (including phenoxy) is 2. The van der Waals surface area contributed by atoms with Crippen LogP contribution in [0.3, 0.4) is 0 Å². The molecular formula is C21H21N3O3S. The number of nitrogens with zero attached hydrogens (tertiary/aromatic N) is 2. The third-order valence-corrected chi connectivity index (χ3v) is 5.17. The molecule has 1 amide bonds. The Labute approximate surface area is 167 Å². The summed E-state index contributed by atoms with van der Waals surface area (Å²) in [6.07, 6.45) is 0. The summed E-state index contributed by atoms with van der Waals surface area (Å²) in [7, 11) is 0. The number of benzene rings is 2. The number of anilines is 1. The maximum atomic E-state index is 12.5. The van der Waals surface area contributed by atoms with Crippen LogP contribution in [0.1, 0.15) is 15.5 Å². The molecule has 2 aromatic carbocycles. The van der Waals surface area contributed by atoms with Crippen molar-refractivity contribution in [2.45, 2.75) is 6.54 Å². The maximum absolute atomic E-state index is 12.5. The van der Waals surface area contributed by atoms with Crippen molar-refractivity contribution in [3.8, 4) is 11.5 Å². The van der Waals surface area contributed by atoms with Gasteiger partial charge in [-0.2, -0.15) is 0 Å². The van der Waals surface area contributed by atoms with Gasteiger partial charge in [0.2, 0.25) is 0 Å². The monoisotopic (exact) mass is 395 g/mol. The standard InChI is InChI=1S/C21H21N3O3S/c25-21(19-15-28-20(23-19)14-24-10-12-26-13-11-24)22-16-6-8-18(9-7-16)27-17-4-2-1-3-5-17/h1-9,15H,10-14H2,(H,22,25). The fourth-order valence-corrected chi connectivity index (χ4v) is 3.68. The van der Waals surface area contributed by atoms with Gasteiger partial charge in [0.1, 0.15) is 22.2 Å². The molecule has 2 heterocycles. The smallest absolute Gasteiger partial charge is 0.275 e. The molecule has 0 radical (unpaired) electrons. The van der Waals surface area contributed by atoms with Crippen LogP contribution in [0.25, 0.3) is 0 Å². The molecular weight excluding hydrogens is 374 g/mol. The summed E-state index contributed by atoms with van der Waals surface area (Å²) in [6.45, 7) is 4.06. The first kappa shape index (κ1) is 18.6. The Kier molecular flexibility index (Phi) is 5.96. The van der Waals surface area contributed by atoms with Crippen molar-refractivity contribution in [1.82, 2.24) is 9.88 Å².